The van der Waals surface area contributed by atoms with Gasteiger partial charge in [0.15, 0.2) is 0 Å². The summed E-state index contributed by atoms with van der Waals surface area (Å²) in [5, 5.41) is 0. The first-order chi connectivity index (χ1) is 30.3. The molecular weight excluding hydrogens is 749 g/mol. The molecule has 2 nitrogen and oxygen atoms in total. The summed E-state index contributed by atoms with van der Waals surface area (Å²) in [6.45, 7) is 9.43. The van der Waals surface area contributed by atoms with Gasteiger partial charge in [-0.15, -0.1) is 0 Å². The maximum Gasteiger partial charge on any atom is 0.0465 e. The molecule has 0 bridgehead atoms. The Kier molecular flexibility index (Phi) is 8.87. The number of hydrogen-bond acceptors (Lipinski definition) is 2. The van der Waals surface area contributed by atoms with Gasteiger partial charge in [0.05, 0.1) is 0 Å². The lowest BCUT2D eigenvalue weighted by atomic mass is 9.81. The predicted molar refractivity (Wildman–Crippen MR) is 262 cm³/mol. The van der Waals surface area contributed by atoms with E-state index in [4.69, 9.17) is 0 Å². The molecule has 0 unspecified atom stereocenters. The fraction of sp³-hybridized carbons (Fsp3) is 0.100. The van der Waals surface area contributed by atoms with E-state index in [9.17, 15) is 0 Å². The molecule has 9 aromatic rings. The van der Waals surface area contributed by atoms with Crippen LogP contribution in [0, 0.1) is 0 Å². The molecule has 2 aliphatic carbocycles. The van der Waals surface area contributed by atoms with Crippen molar-refractivity contribution in [1.82, 2.24) is 0 Å². The standard InChI is InChI=1S/C60H48N2/c1-59(2)55-23-15-14-22-51(55)53-36-33-49(39-57(53)59)61(45-18-10-6-11-19-45)47-29-24-42(25-30-47)43-26-31-48(32-27-43)62(46-20-12-7-13-21-46)50-34-37-54-52-35-28-44(41-16-8-5-9-17-41)38-56(52)60(3,4)58(54)40-50/h5-40H,1-4H3. The van der Waals surface area contributed by atoms with Crippen LogP contribution in [0.4, 0.5) is 34.1 Å². The second-order valence-corrected chi connectivity index (χ2v) is 17.8. The van der Waals surface area contributed by atoms with Crippen molar-refractivity contribution in [3.63, 3.8) is 0 Å². The molecule has 2 heteroatoms. The van der Waals surface area contributed by atoms with Gasteiger partial charge < -0.3 is 9.80 Å². The summed E-state index contributed by atoms with van der Waals surface area (Å²) < 4.78 is 0. The molecule has 0 N–H and O–H groups in total. The first-order valence-corrected chi connectivity index (χ1v) is 21.8. The van der Waals surface area contributed by atoms with E-state index in [0.29, 0.717) is 0 Å². The Labute approximate surface area is 366 Å². The fourth-order valence-electron chi connectivity index (χ4n) is 10.2. The van der Waals surface area contributed by atoms with Crippen LogP contribution in [0.2, 0.25) is 0 Å². The third kappa shape index (κ3) is 6.17. The normalized spacial score (nSPS) is 13.7. The second-order valence-electron chi connectivity index (χ2n) is 17.8. The lowest BCUT2D eigenvalue weighted by Gasteiger charge is -2.28. The number of benzene rings is 9. The largest absolute Gasteiger partial charge is 0.310 e. The summed E-state index contributed by atoms with van der Waals surface area (Å²) in [5.74, 6) is 0. The average molecular weight is 797 g/mol. The van der Waals surface area contributed by atoms with Crippen LogP contribution in [0.1, 0.15) is 49.9 Å². The van der Waals surface area contributed by atoms with Crippen LogP contribution in [0.15, 0.2) is 218 Å². The summed E-state index contributed by atoms with van der Waals surface area (Å²) in [6.07, 6.45) is 0. The van der Waals surface area contributed by atoms with Gasteiger partial charge in [-0.1, -0.05) is 167 Å². The van der Waals surface area contributed by atoms with Gasteiger partial charge in [-0.05, 0) is 146 Å². The topological polar surface area (TPSA) is 6.48 Å². The van der Waals surface area contributed by atoms with E-state index in [1.807, 2.05) is 0 Å². The summed E-state index contributed by atoms with van der Waals surface area (Å²) in [6, 6.07) is 80.1. The highest BCUT2D eigenvalue weighted by Gasteiger charge is 2.37. The van der Waals surface area contributed by atoms with E-state index >= 15 is 0 Å². The van der Waals surface area contributed by atoms with Crippen molar-refractivity contribution in [1.29, 1.82) is 0 Å². The van der Waals surface area contributed by atoms with E-state index in [-0.39, 0.29) is 10.8 Å². The molecule has 0 fully saturated rings. The molecule has 2 aliphatic rings. The number of anilines is 6. The number of rotatable bonds is 8. The summed E-state index contributed by atoms with van der Waals surface area (Å²) in [4.78, 5) is 4.76. The Bertz CT molecular complexity index is 3090. The molecule has 0 aliphatic heterocycles. The van der Waals surface area contributed by atoms with E-state index in [2.05, 4.69) is 256 Å². The van der Waals surface area contributed by atoms with E-state index in [0.717, 1.165) is 34.1 Å². The average Bonchev–Trinajstić information content (AvgIpc) is 3.69. The summed E-state index contributed by atoms with van der Waals surface area (Å²) in [7, 11) is 0. The number of hydrogen-bond donors (Lipinski definition) is 0. The smallest absolute Gasteiger partial charge is 0.0465 e. The van der Waals surface area contributed by atoms with Crippen LogP contribution in [-0.2, 0) is 10.8 Å². The minimum atomic E-state index is -0.150. The van der Waals surface area contributed by atoms with Crippen molar-refractivity contribution in [3.05, 3.63) is 241 Å². The van der Waals surface area contributed by atoms with E-state index in [1.54, 1.807) is 0 Å². The van der Waals surface area contributed by atoms with Gasteiger partial charge in [0.1, 0.15) is 0 Å². The molecular formula is C60H48N2. The van der Waals surface area contributed by atoms with Crippen molar-refractivity contribution in [2.24, 2.45) is 0 Å². The molecule has 0 spiro atoms. The lowest BCUT2D eigenvalue weighted by Crippen LogP contribution is -2.16. The predicted octanol–water partition coefficient (Wildman–Crippen LogP) is 16.6. The molecule has 0 saturated carbocycles. The highest BCUT2D eigenvalue weighted by molar-refractivity contribution is 5.89. The molecule has 0 radical (unpaired) electrons. The SMILES string of the molecule is CC1(C)c2ccccc2-c2ccc(N(c3ccccc3)c3ccc(-c4ccc(N(c5ccccc5)c5ccc6c(c5)C(C)(C)c5cc(-c7ccccc7)ccc5-6)cc4)cc3)cc21. The van der Waals surface area contributed by atoms with Crippen molar-refractivity contribution in [2.75, 3.05) is 9.80 Å². The van der Waals surface area contributed by atoms with E-state index in [1.165, 1.54) is 66.8 Å². The zero-order valence-electron chi connectivity index (χ0n) is 35.7. The van der Waals surface area contributed by atoms with Crippen LogP contribution in [0.5, 0.6) is 0 Å². The van der Waals surface area contributed by atoms with Gasteiger partial charge >= 0.3 is 0 Å². The van der Waals surface area contributed by atoms with Gasteiger partial charge in [-0.3, -0.25) is 0 Å². The van der Waals surface area contributed by atoms with Crippen molar-refractivity contribution < 1.29 is 0 Å². The zero-order valence-corrected chi connectivity index (χ0v) is 35.7. The van der Waals surface area contributed by atoms with Crippen molar-refractivity contribution >= 4 is 34.1 Å². The molecule has 0 aromatic heterocycles. The highest BCUT2D eigenvalue weighted by Crippen LogP contribution is 2.53. The van der Waals surface area contributed by atoms with Crippen LogP contribution in [0.25, 0.3) is 44.5 Å². The third-order valence-electron chi connectivity index (χ3n) is 13.5. The Hall–Kier alpha value is -7.42. The number of fused-ring (bicyclic) bond motifs is 6. The minimum absolute atomic E-state index is 0.0768. The van der Waals surface area contributed by atoms with Crippen LogP contribution in [0.3, 0.4) is 0 Å². The van der Waals surface area contributed by atoms with Gasteiger partial charge in [0, 0.05) is 45.0 Å². The Morgan fingerprint density at radius 2 is 0.565 bits per heavy atom. The maximum atomic E-state index is 2.41. The fourth-order valence-corrected chi connectivity index (χ4v) is 10.2. The molecule has 62 heavy (non-hydrogen) atoms. The molecule has 298 valence electrons. The summed E-state index contributed by atoms with van der Waals surface area (Å²) >= 11 is 0. The second kappa shape index (κ2) is 14.6. The minimum Gasteiger partial charge on any atom is -0.310 e. The van der Waals surface area contributed by atoms with E-state index < -0.39 is 0 Å². The van der Waals surface area contributed by atoms with Gasteiger partial charge in [-0.25, -0.2) is 0 Å². The van der Waals surface area contributed by atoms with Gasteiger partial charge in [0.25, 0.3) is 0 Å². The zero-order chi connectivity index (χ0) is 42.0. The van der Waals surface area contributed by atoms with Crippen LogP contribution < -0.4 is 9.80 Å². The molecule has 11 rings (SSSR count). The molecule has 0 heterocycles. The Morgan fingerprint density at radius 1 is 0.242 bits per heavy atom. The van der Waals surface area contributed by atoms with Crippen molar-refractivity contribution in [2.45, 2.75) is 38.5 Å². The highest BCUT2D eigenvalue weighted by atomic mass is 15.1. The molecule has 0 atom stereocenters. The van der Waals surface area contributed by atoms with Gasteiger partial charge in [0.2, 0.25) is 0 Å². The van der Waals surface area contributed by atoms with Crippen LogP contribution in [-0.4, -0.2) is 0 Å². The van der Waals surface area contributed by atoms with Gasteiger partial charge in [-0.2, -0.15) is 0 Å². The first-order valence-electron chi connectivity index (χ1n) is 21.8. The Morgan fingerprint density at radius 3 is 1.06 bits per heavy atom. The quantitative estimate of drug-likeness (QED) is 0.151. The third-order valence-corrected chi connectivity index (χ3v) is 13.5. The Balaban J connectivity index is 0.913. The number of para-hydroxylation sites is 2. The first kappa shape index (κ1) is 37.6. The van der Waals surface area contributed by atoms with Crippen molar-refractivity contribution in [3.8, 4) is 44.5 Å². The molecule has 0 saturated heterocycles. The summed E-state index contributed by atoms with van der Waals surface area (Å²) in [5.41, 5.74) is 22.2. The number of nitrogens with zero attached hydrogens (tertiary/aromatic N) is 2. The molecule has 9 aromatic carbocycles. The van der Waals surface area contributed by atoms with Crippen LogP contribution >= 0.6 is 0 Å². The molecule has 0 amide bonds. The lowest BCUT2D eigenvalue weighted by molar-refractivity contribution is 0.660. The monoisotopic (exact) mass is 796 g/mol. The maximum absolute atomic E-state index is 2.41.